The predicted molar refractivity (Wildman–Crippen MR) is 256 cm³/mol. The van der Waals surface area contributed by atoms with E-state index in [4.69, 9.17) is 15.0 Å². The number of fused-ring (bicyclic) bond motifs is 3. The van der Waals surface area contributed by atoms with Gasteiger partial charge in [-0.3, -0.25) is 4.57 Å². The van der Waals surface area contributed by atoms with Gasteiger partial charge in [0.05, 0.1) is 11.0 Å². The molecule has 0 aliphatic carbocycles. The maximum absolute atomic E-state index is 5.40. The Morgan fingerprint density at radius 2 is 0.742 bits per heavy atom. The predicted octanol–water partition coefficient (Wildman–Crippen LogP) is 14.8. The van der Waals surface area contributed by atoms with Crippen LogP contribution in [0.3, 0.4) is 0 Å². The molecule has 0 amide bonds. The molecular weight excluding hydrogens is 755 g/mol. The summed E-state index contributed by atoms with van der Waals surface area (Å²) in [6, 6.07) is 82.7. The van der Waals surface area contributed by atoms with Crippen molar-refractivity contribution in [2.24, 2.45) is 0 Å². The molecule has 0 fully saturated rings. The molecule has 2 aromatic heterocycles. The van der Waals surface area contributed by atoms with Gasteiger partial charge in [0.25, 0.3) is 0 Å². The van der Waals surface area contributed by atoms with E-state index < -0.39 is 0 Å². The minimum atomic E-state index is 0.555. The first kappa shape index (κ1) is 36.7. The van der Waals surface area contributed by atoms with Crippen LogP contribution in [0.2, 0.25) is 0 Å². The quantitative estimate of drug-likeness (QED) is 0.146. The van der Waals surface area contributed by atoms with Crippen LogP contribution in [0, 0.1) is 0 Å². The molecule has 11 rings (SSSR count). The van der Waals surface area contributed by atoms with Crippen molar-refractivity contribution in [2.75, 3.05) is 4.90 Å². The van der Waals surface area contributed by atoms with Gasteiger partial charge in [0, 0.05) is 44.5 Å². The van der Waals surface area contributed by atoms with Gasteiger partial charge in [-0.05, 0) is 70.3 Å². The van der Waals surface area contributed by atoms with Gasteiger partial charge in [0.15, 0.2) is 11.6 Å². The van der Waals surface area contributed by atoms with E-state index in [2.05, 4.69) is 216 Å². The molecule has 5 nitrogen and oxygen atoms in total. The van der Waals surface area contributed by atoms with Crippen molar-refractivity contribution in [3.63, 3.8) is 0 Å². The number of nitrogens with zero attached hydrogens (tertiary/aromatic N) is 5. The first-order valence-corrected chi connectivity index (χ1v) is 20.9. The molecule has 0 saturated heterocycles. The van der Waals surface area contributed by atoms with Crippen LogP contribution in [0.5, 0.6) is 0 Å². The topological polar surface area (TPSA) is 46.8 Å². The number of anilines is 3. The van der Waals surface area contributed by atoms with Crippen LogP contribution in [0.15, 0.2) is 237 Å². The molecular formula is C57H39N5. The monoisotopic (exact) mass is 793 g/mol. The van der Waals surface area contributed by atoms with Crippen LogP contribution in [0.25, 0.3) is 83.9 Å². The summed E-state index contributed by atoms with van der Waals surface area (Å²) in [5.74, 6) is 1.76. The summed E-state index contributed by atoms with van der Waals surface area (Å²) in [6.45, 7) is 0. The van der Waals surface area contributed by atoms with Crippen molar-refractivity contribution < 1.29 is 0 Å². The lowest BCUT2D eigenvalue weighted by Gasteiger charge is -2.25. The lowest BCUT2D eigenvalue weighted by Crippen LogP contribution is -2.09. The molecule has 0 spiro atoms. The molecule has 0 bridgehead atoms. The summed E-state index contributed by atoms with van der Waals surface area (Å²) >= 11 is 0. The Kier molecular flexibility index (Phi) is 9.45. The van der Waals surface area contributed by atoms with Gasteiger partial charge in [-0.15, -0.1) is 0 Å². The number of aromatic nitrogens is 4. The Balaban J connectivity index is 1.08. The highest BCUT2D eigenvalue weighted by Gasteiger charge is 2.22. The minimum absolute atomic E-state index is 0.555. The Morgan fingerprint density at radius 1 is 0.290 bits per heavy atom. The van der Waals surface area contributed by atoms with Crippen LogP contribution in [0.1, 0.15) is 0 Å². The average molecular weight is 794 g/mol. The van der Waals surface area contributed by atoms with E-state index in [1.807, 2.05) is 30.3 Å². The first-order chi connectivity index (χ1) is 30.8. The fraction of sp³-hybridized carbons (Fsp3) is 0. The largest absolute Gasteiger partial charge is 0.311 e. The van der Waals surface area contributed by atoms with Gasteiger partial charge in [-0.25, -0.2) is 4.98 Å². The lowest BCUT2D eigenvalue weighted by molar-refractivity contribution is 0.954. The zero-order valence-electron chi connectivity index (χ0n) is 33.8. The zero-order valence-corrected chi connectivity index (χ0v) is 33.8. The summed E-state index contributed by atoms with van der Waals surface area (Å²) in [4.78, 5) is 18.2. The zero-order chi connectivity index (χ0) is 41.2. The lowest BCUT2D eigenvalue weighted by atomic mass is 9.98. The molecule has 0 aliphatic heterocycles. The number of rotatable bonds is 9. The second kappa shape index (κ2) is 16.0. The maximum atomic E-state index is 5.40. The van der Waals surface area contributed by atoms with Crippen molar-refractivity contribution >= 4 is 38.9 Å². The van der Waals surface area contributed by atoms with E-state index in [1.165, 1.54) is 11.1 Å². The van der Waals surface area contributed by atoms with Crippen LogP contribution in [-0.4, -0.2) is 19.5 Å². The fourth-order valence-corrected chi connectivity index (χ4v) is 8.55. The van der Waals surface area contributed by atoms with Crippen molar-refractivity contribution in [3.8, 4) is 62.1 Å². The standard InChI is InChI=1S/C57H39N5/c1-5-18-40(19-6-1)41-32-34-43(35-33-41)49-29-17-30-51-50-27-15-16-31-53(50)62(54(49)51)57-59-55(44-20-7-2-8-21-44)58-56(60-57)52-28-14-13-26-48(52)42-36-38-47(39-37-42)61(45-22-9-3-10-23-45)46-24-11-4-12-25-46/h1-39H. The third-order valence-corrected chi connectivity index (χ3v) is 11.5. The molecule has 0 N–H and O–H groups in total. The Morgan fingerprint density at radius 3 is 1.42 bits per heavy atom. The van der Waals surface area contributed by atoms with E-state index in [0.29, 0.717) is 17.6 Å². The Bertz CT molecular complexity index is 3270. The SMILES string of the molecule is c1ccc(-c2ccc(-c3cccc4c5ccccc5n(-c5nc(-c6ccccc6)nc(-c6ccccc6-c6ccc(N(c7ccccc7)c7ccccc7)cc6)n5)c34)cc2)cc1. The number of benzene rings is 9. The summed E-state index contributed by atoms with van der Waals surface area (Å²) in [6.07, 6.45) is 0. The number of para-hydroxylation sites is 4. The molecule has 292 valence electrons. The highest BCUT2D eigenvalue weighted by atomic mass is 15.2. The van der Waals surface area contributed by atoms with E-state index >= 15 is 0 Å². The Hall–Kier alpha value is -8.41. The summed E-state index contributed by atoms with van der Waals surface area (Å²) in [5, 5.41) is 2.27. The maximum Gasteiger partial charge on any atom is 0.238 e. The molecule has 0 aliphatic rings. The van der Waals surface area contributed by atoms with Crippen molar-refractivity contribution in [2.45, 2.75) is 0 Å². The molecule has 0 saturated carbocycles. The normalized spacial score (nSPS) is 11.2. The van der Waals surface area contributed by atoms with Crippen LogP contribution in [-0.2, 0) is 0 Å². The number of hydrogen-bond acceptors (Lipinski definition) is 4. The van der Waals surface area contributed by atoms with Gasteiger partial charge < -0.3 is 4.90 Å². The summed E-state index contributed by atoms with van der Waals surface area (Å²) in [5.41, 5.74) is 13.8. The van der Waals surface area contributed by atoms with Crippen molar-refractivity contribution in [3.05, 3.63) is 237 Å². The molecule has 62 heavy (non-hydrogen) atoms. The molecule has 5 heteroatoms. The third kappa shape index (κ3) is 6.78. The molecule has 11 aromatic rings. The van der Waals surface area contributed by atoms with Crippen molar-refractivity contribution in [1.29, 1.82) is 0 Å². The van der Waals surface area contributed by atoms with Gasteiger partial charge in [-0.1, -0.05) is 194 Å². The van der Waals surface area contributed by atoms with Gasteiger partial charge >= 0.3 is 0 Å². The summed E-state index contributed by atoms with van der Waals surface area (Å²) in [7, 11) is 0. The van der Waals surface area contributed by atoms with Gasteiger partial charge in [-0.2, -0.15) is 9.97 Å². The first-order valence-electron chi connectivity index (χ1n) is 20.9. The van der Waals surface area contributed by atoms with E-state index in [9.17, 15) is 0 Å². The minimum Gasteiger partial charge on any atom is -0.311 e. The molecule has 2 heterocycles. The third-order valence-electron chi connectivity index (χ3n) is 11.5. The average Bonchev–Trinajstić information content (AvgIpc) is 3.70. The van der Waals surface area contributed by atoms with Crippen LogP contribution < -0.4 is 4.90 Å². The fourth-order valence-electron chi connectivity index (χ4n) is 8.55. The molecule has 0 unspecified atom stereocenters. The van der Waals surface area contributed by atoms with E-state index in [-0.39, 0.29) is 0 Å². The van der Waals surface area contributed by atoms with E-state index in [0.717, 1.165) is 72.2 Å². The van der Waals surface area contributed by atoms with Crippen LogP contribution >= 0.6 is 0 Å². The highest BCUT2D eigenvalue weighted by Crippen LogP contribution is 2.40. The van der Waals surface area contributed by atoms with Gasteiger partial charge in [0.1, 0.15) is 0 Å². The van der Waals surface area contributed by atoms with Gasteiger partial charge in [0.2, 0.25) is 5.95 Å². The molecule has 0 radical (unpaired) electrons. The summed E-state index contributed by atoms with van der Waals surface area (Å²) < 4.78 is 2.22. The number of hydrogen-bond donors (Lipinski definition) is 0. The second-order valence-electron chi connectivity index (χ2n) is 15.2. The van der Waals surface area contributed by atoms with E-state index in [1.54, 1.807) is 0 Å². The molecule has 0 atom stereocenters. The van der Waals surface area contributed by atoms with Crippen molar-refractivity contribution in [1.82, 2.24) is 19.5 Å². The smallest absolute Gasteiger partial charge is 0.238 e. The van der Waals surface area contributed by atoms with Crippen LogP contribution in [0.4, 0.5) is 17.1 Å². The second-order valence-corrected chi connectivity index (χ2v) is 15.2. The Labute approximate surface area is 360 Å². The molecule has 9 aromatic carbocycles. The highest BCUT2D eigenvalue weighted by molar-refractivity contribution is 6.13.